The minimum absolute atomic E-state index is 0.303. The molecule has 0 saturated heterocycles. The molecule has 1 N–H and O–H groups in total. The van der Waals surface area contributed by atoms with E-state index in [9.17, 15) is 4.79 Å². The molecule has 0 atom stereocenters. The maximum Gasteiger partial charge on any atom is 0.335 e. The number of nitrogens with zero attached hydrogens (tertiary/aromatic N) is 2. The quantitative estimate of drug-likeness (QED) is 0.814. The molecule has 1 aromatic carbocycles. The Bertz CT molecular complexity index is 529. The van der Waals surface area contributed by atoms with Gasteiger partial charge in [-0.15, -0.1) is 0 Å². The first-order valence-corrected chi connectivity index (χ1v) is 4.84. The van der Waals surface area contributed by atoms with Crippen LogP contribution in [-0.2, 0) is 6.54 Å². The van der Waals surface area contributed by atoms with Gasteiger partial charge in [-0.2, -0.15) is 5.10 Å². The van der Waals surface area contributed by atoms with Crippen LogP contribution in [0.25, 0.3) is 10.9 Å². The highest BCUT2D eigenvalue weighted by Gasteiger charge is 2.09. The molecule has 0 aliphatic carbocycles. The predicted octanol–water partition coefficient (Wildman–Crippen LogP) is 2.06. The normalized spacial score (nSPS) is 10.8. The first-order chi connectivity index (χ1) is 7.13. The number of hydrogen-bond acceptors (Lipinski definition) is 2. The third-order valence-electron chi connectivity index (χ3n) is 2.48. The van der Waals surface area contributed by atoms with E-state index >= 15 is 0 Å². The third-order valence-corrected chi connectivity index (χ3v) is 2.48. The summed E-state index contributed by atoms with van der Waals surface area (Å²) in [5, 5.41) is 14.2. The lowest BCUT2D eigenvalue weighted by atomic mass is 10.1. The molecule has 0 aliphatic heterocycles. The van der Waals surface area contributed by atoms with Gasteiger partial charge in [0.2, 0.25) is 0 Å². The van der Waals surface area contributed by atoms with Gasteiger partial charge in [0, 0.05) is 11.9 Å². The Labute approximate surface area is 87.1 Å². The Balaban J connectivity index is 2.73. The van der Waals surface area contributed by atoms with E-state index < -0.39 is 5.97 Å². The van der Waals surface area contributed by atoms with Crippen molar-refractivity contribution in [2.24, 2.45) is 0 Å². The van der Waals surface area contributed by atoms with Crippen molar-refractivity contribution in [3.63, 3.8) is 0 Å². The Hall–Kier alpha value is -1.84. The lowest BCUT2D eigenvalue weighted by molar-refractivity contribution is 0.0697. The second-order valence-corrected chi connectivity index (χ2v) is 3.44. The van der Waals surface area contributed by atoms with Crippen molar-refractivity contribution in [3.8, 4) is 0 Å². The van der Waals surface area contributed by atoms with Crippen LogP contribution in [0.15, 0.2) is 18.2 Å². The lowest BCUT2D eigenvalue weighted by Gasteiger charge is -1.99. The van der Waals surface area contributed by atoms with Crippen LogP contribution < -0.4 is 0 Å². The molecular formula is C11H12N2O2. The molecule has 0 saturated carbocycles. The maximum atomic E-state index is 10.8. The number of carboxylic acid groups (broad SMARTS) is 1. The molecule has 0 bridgehead atoms. The van der Waals surface area contributed by atoms with Gasteiger partial charge >= 0.3 is 5.97 Å². The highest BCUT2D eigenvalue weighted by Crippen LogP contribution is 2.19. The van der Waals surface area contributed by atoms with Gasteiger partial charge < -0.3 is 5.11 Å². The molecule has 4 heteroatoms. The van der Waals surface area contributed by atoms with Gasteiger partial charge in [-0.1, -0.05) is 6.07 Å². The summed E-state index contributed by atoms with van der Waals surface area (Å²) in [7, 11) is 0. The van der Waals surface area contributed by atoms with Crippen LogP contribution >= 0.6 is 0 Å². The highest BCUT2D eigenvalue weighted by molar-refractivity contribution is 5.93. The molecule has 2 aromatic rings. The topological polar surface area (TPSA) is 55.1 Å². The van der Waals surface area contributed by atoms with E-state index in [1.165, 1.54) is 0 Å². The molecule has 0 unspecified atom stereocenters. The van der Waals surface area contributed by atoms with Crippen molar-refractivity contribution in [1.82, 2.24) is 9.78 Å². The fourth-order valence-electron chi connectivity index (χ4n) is 1.71. The van der Waals surface area contributed by atoms with E-state index in [4.69, 9.17) is 5.11 Å². The number of carbonyl (C=O) groups is 1. The monoisotopic (exact) mass is 204 g/mol. The van der Waals surface area contributed by atoms with Crippen molar-refractivity contribution >= 4 is 16.9 Å². The Morgan fingerprint density at radius 1 is 1.53 bits per heavy atom. The van der Waals surface area contributed by atoms with Gasteiger partial charge in [0.15, 0.2) is 0 Å². The number of rotatable bonds is 2. The Morgan fingerprint density at radius 3 is 2.87 bits per heavy atom. The minimum Gasteiger partial charge on any atom is -0.478 e. The number of benzene rings is 1. The summed E-state index contributed by atoms with van der Waals surface area (Å²) in [5.41, 5.74) is 2.12. The van der Waals surface area contributed by atoms with E-state index in [0.717, 1.165) is 23.1 Å². The van der Waals surface area contributed by atoms with Crippen LogP contribution in [0, 0.1) is 6.92 Å². The summed E-state index contributed by atoms with van der Waals surface area (Å²) < 4.78 is 1.82. The number of aromatic nitrogens is 2. The van der Waals surface area contributed by atoms with Crippen LogP contribution in [0.4, 0.5) is 0 Å². The standard InChI is InChI=1S/C11H12N2O2/c1-3-13-10-6-8(11(14)15)4-5-9(10)7(2)12-13/h4-6H,3H2,1-2H3,(H,14,15). The summed E-state index contributed by atoms with van der Waals surface area (Å²) >= 11 is 0. The average Bonchev–Trinajstić information content (AvgIpc) is 2.55. The van der Waals surface area contributed by atoms with Crippen LogP contribution in [-0.4, -0.2) is 20.9 Å². The largest absolute Gasteiger partial charge is 0.478 e. The molecule has 0 spiro atoms. The van der Waals surface area contributed by atoms with E-state index in [-0.39, 0.29) is 0 Å². The van der Waals surface area contributed by atoms with Gasteiger partial charge in [-0.05, 0) is 26.0 Å². The van der Waals surface area contributed by atoms with Crippen molar-refractivity contribution in [1.29, 1.82) is 0 Å². The van der Waals surface area contributed by atoms with Gasteiger partial charge in [-0.25, -0.2) is 4.79 Å². The number of aromatic carboxylic acids is 1. The van der Waals surface area contributed by atoms with E-state index in [1.54, 1.807) is 12.1 Å². The second kappa shape index (κ2) is 3.38. The van der Waals surface area contributed by atoms with Crippen molar-refractivity contribution in [2.75, 3.05) is 0 Å². The lowest BCUT2D eigenvalue weighted by Crippen LogP contribution is -1.99. The Morgan fingerprint density at radius 2 is 2.27 bits per heavy atom. The van der Waals surface area contributed by atoms with Crippen molar-refractivity contribution in [2.45, 2.75) is 20.4 Å². The van der Waals surface area contributed by atoms with Gasteiger partial charge in [0.1, 0.15) is 0 Å². The minimum atomic E-state index is -0.904. The first-order valence-electron chi connectivity index (χ1n) is 4.84. The summed E-state index contributed by atoms with van der Waals surface area (Å²) in [4.78, 5) is 10.8. The molecule has 1 aromatic heterocycles. The molecule has 15 heavy (non-hydrogen) atoms. The van der Waals surface area contributed by atoms with E-state index in [0.29, 0.717) is 5.56 Å². The summed E-state index contributed by atoms with van der Waals surface area (Å²) in [6.45, 7) is 4.65. The van der Waals surface area contributed by atoms with Crippen LogP contribution in [0.5, 0.6) is 0 Å². The van der Waals surface area contributed by atoms with Gasteiger partial charge in [-0.3, -0.25) is 4.68 Å². The van der Waals surface area contributed by atoms with Crippen molar-refractivity contribution in [3.05, 3.63) is 29.5 Å². The molecule has 0 amide bonds. The first kappa shape index (κ1) is 9.71. The van der Waals surface area contributed by atoms with E-state index in [2.05, 4.69) is 5.10 Å². The average molecular weight is 204 g/mol. The molecule has 78 valence electrons. The van der Waals surface area contributed by atoms with E-state index in [1.807, 2.05) is 24.6 Å². The fraction of sp³-hybridized carbons (Fsp3) is 0.273. The molecule has 0 radical (unpaired) electrons. The predicted molar refractivity (Wildman–Crippen MR) is 57.1 cm³/mol. The molecular weight excluding hydrogens is 192 g/mol. The SMILES string of the molecule is CCn1nc(C)c2ccc(C(=O)O)cc21. The molecule has 1 heterocycles. The number of fused-ring (bicyclic) bond motifs is 1. The van der Waals surface area contributed by atoms with Crippen molar-refractivity contribution < 1.29 is 9.90 Å². The fourth-order valence-corrected chi connectivity index (χ4v) is 1.71. The zero-order valence-corrected chi connectivity index (χ0v) is 8.69. The summed E-state index contributed by atoms with van der Waals surface area (Å²) in [5.74, 6) is -0.904. The van der Waals surface area contributed by atoms with Crippen LogP contribution in [0.1, 0.15) is 23.0 Å². The molecule has 2 rings (SSSR count). The van der Waals surface area contributed by atoms with Gasteiger partial charge in [0.05, 0.1) is 16.8 Å². The summed E-state index contributed by atoms with van der Waals surface area (Å²) in [6.07, 6.45) is 0. The zero-order valence-electron chi connectivity index (χ0n) is 8.69. The maximum absolute atomic E-state index is 10.8. The Kier molecular flexibility index (Phi) is 2.19. The van der Waals surface area contributed by atoms with Gasteiger partial charge in [0.25, 0.3) is 0 Å². The third kappa shape index (κ3) is 1.48. The highest BCUT2D eigenvalue weighted by atomic mass is 16.4. The molecule has 4 nitrogen and oxygen atoms in total. The zero-order chi connectivity index (χ0) is 11.0. The van der Waals surface area contributed by atoms with Crippen LogP contribution in [0.3, 0.4) is 0 Å². The summed E-state index contributed by atoms with van der Waals surface area (Å²) in [6, 6.07) is 5.09. The van der Waals surface area contributed by atoms with Crippen LogP contribution in [0.2, 0.25) is 0 Å². The number of carboxylic acids is 1. The molecule has 0 fully saturated rings. The number of hydrogen-bond donors (Lipinski definition) is 1. The second-order valence-electron chi connectivity index (χ2n) is 3.44. The smallest absolute Gasteiger partial charge is 0.335 e. The number of aryl methyl sites for hydroxylation is 2. The molecule has 0 aliphatic rings.